The fourth-order valence-corrected chi connectivity index (χ4v) is 3.69. The van der Waals surface area contributed by atoms with Crippen LogP contribution in [0, 0.1) is 6.92 Å². The third-order valence-electron chi connectivity index (χ3n) is 4.98. The van der Waals surface area contributed by atoms with Gasteiger partial charge in [0.25, 0.3) is 0 Å². The molecule has 0 saturated carbocycles. The fraction of sp³-hybridized carbons (Fsp3) is 0.227. The molecule has 0 N–H and O–H groups in total. The molecule has 0 aliphatic carbocycles. The Balaban J connectivity index is 1.94. The highest BCUT2D eigenvalue weighted by molar-refractivity contribution is 5.77. The maximum absolute atomic E-state index is 12.8. The average molecular weight is 330 g/mol. The van der Waals surface area contributed by atoms with Crippen LogP contribution in [0.3, 0.4) is 0 Å². The molecule has 3 nitrogen and oxygen atoms in total. The number of hydrogen-bond donors (Lipinski definition) is 0. The lowest BCUT2D eigenvalue weighted by molar-refractivity contribution is -0.133. The fourth-order valence-electron chi connectivity index (χ4n) is 3.69. The van der Waals surface area contributed by atoms with Gasteiger partial charge in [0.2, 0.25) is 5.91 Å². The Labute approximate surface area is 148 Å². The van der Waals surface area contributed by atoms with E-state index in [9.17, 15) is 4.79 Å². The first-order valence-electron chi connectivity index (χ1n) is 8.80. The van der Waals surface area contributed by atoms with E-state index in [0.717, 1.165) is 16.9 Å². The van der Waals surface area contributed by atoms with Gasteiger partial charge in [0.1, 0.15) is 0 Å². The zero-order valence-electron chi connectivity index (χ0n) is 14.6. The van der Waals surface area contributed by atoms with E-state index in [-0.39, 0.29) is 11.9 Å². The Morgan fingerprint density at radius 2 is 1.80 bits per heavy atom. The van der Waals surface area contributed by atoms with Crippen LogP contribution in [0.25, 0.3) is 5.69 Å². The highest BCUT2D eigenvalue weighted by Gasteiger charge is 2.31. The zero-order valence-corrected chi connectivity index (χ0v) is 14.6. The maximum Gasteiger partial charge on any atom is 0.223 e. The van der Waals surface area contributed by atoms with Gasteiger partial charge >= 0.3 is 0 Å². The number of rotatable bonds is 2. The SMILES string of the molecule is CCC(=O)N1Cc2ccccc2-n2cccc2C1c1ccc(C)cc1. The molecule has 1 aromatic heterocycles. The van der Waals surface area contributed by atoms with Gasteiger partial charge in [0.05, 0.1) is 11.7 Å². The number of aryl methyl sites for hydroxylation is 1. The molecule has 126 valence electrons. The second-order valence-electron chi connectivity index (χ2n) is 6.62. The van der Waals surface area contributed by atoms with Crippen LogP contribution in [0.1, 0.15) is 41.8 Å². The number of aromatic nitrogens is 1. The monoisotopic (exact) mass is 330 g/mol. The molecular formula is C22H22N2O. The lowest BCUT2D eigenvalue weighted by atomic mass is 10.00. The molecule has 0 bridgehead atoms. The molecule has 1 aliphatic heterocycles. The van der Waals surface area contributed by atoms with E-state index < -0.39 is 0 Å². The molecule has 1 unspecified atom stereocenters. The van der Waals surface area contributed by atoms with E-state index in [1.54, 1.807) is 0 Å². The minimum absolute atomic E-state index is 0.0737. The summed E-state index contributed by atoms with van der Waals surface area (Å²) in [6, 6.07) is 21.0. The van der Waals surface area contributed by atoms with Gasteiger partial charge in [-0.25, -0.2) is 0 Å². The molecule has 2 heterocycles. The van der Waals surface area contributed by atoms with Gasteiger partial charge in [0, 0.05) is 24.9 Å². The molecule has 3 heteroatoms. The zero-order chi connectivity index (χ0) is 17.4. The van der Waals surface area contributed by atoms with E-state index in [2.05, 4.69) is 72.3 Å². The van der Waals surface area contributed by atoms with Crippen LogP contribution >= 0.6 is 0 Å². The molecule has 0 spiro atoms. The van der Waals surface area contributed by atoms with E-state index in [4.69, 9.17) is 0 Å². The molecular weight excluding hydrogens is 308 g/mol. The molecule has 25 heavy (non-hydrogen) atoms. The predicted molar refractivity (Wildman–Crippen MR) is 99.6 cm³/mol. The second-order valence-corrected chi connectivity index (χ2v) is 6.62. The third kappa shape index (κ3) is 2.66. The molecule has 1 aliphatic rings. The van der Waals surface area contributed by atoms with Gasteiger partial charge in [-0.15, -0.1) is 0 Å². The lowest BCUT2D eigenvalue weighted by Gasteiger charge is -2.30. The molecule has 4 rings (SSSR count). The van der Waals surface area contributed by atoms with Gasteiger partial charge in [-0.05, 0) is 36.2 Å². The molecule has 1 atom stereocenters. The van der Waals surface area contributed by atoms with E-state index in [0.29, 0.717) is 13.0 Å². The number of amides is 1. The van der Waals surface area contributed by atoms with Crippen LogP contribution in [0.4, 0.5) is 0 Å². The minimum atomic E-state index is -0.0737. The Kier molecular flexibility index (Phi) is 3.92. The largest absolute Gasteiger partial charge is 0.326 e. The van der Waals surface area contributed by atoms with Crippen LogP contribution in [0.2, 0.25) is 0 Å². The van der Waals surface area contributed by atoms with Crippen molar-refractivity contribution in [3.8, 4) is 5.69 Å². The summed E-state index contributed by atoms with van der Waals surface area (Å²) in [4.78, 5) is 14.8. The summed E-state index contributed by atoms with van der Waals surface area (Å²) in [7, 11) is 0. The topological polar surface area (TPSA) is 25.2 Å². The predicted octanol–water partition coefficient (Wildman–Crippen LogP) is 4.63. The summed E-state index contributed by atoms with van der Waals surface area (Å²) >= 11 is 0. The maximum atomic E-state index is 12.8. The van der Waals surface area contributed by atoms with Gasteiger partial charge in [-0.1, -0.05) is 55.0 Å². The molecule has 1 amide bonds. The van der Waals surface area contributed by atoms with Crippen molar-refractivity contribution >= 4 is 5.91 Å². The average Bonchev–Trinajstić information content (AvgIpc) is 3.06. The van der Waals surface area contributed by atoms with E-state index in [1.807, 2.05) is 17.9 Å². The number of nitrogens with zero attached hydrogens (tertiary/aromatic N) is 2. The Hall–Kier alpha value is -2.81. The normalized spacial score (nSPS) is 16.1. The van der Waals surface area contributed by atoms with Crippen LogP contribution in [0.15, 0.2) is 66.9 Å². The number of fused-ring (bicyclic) bond motifs is 3. The van der Waals surface area contributed by atoms with Gasteiger partial charge in [-0.2, -0.15) is 0 Å². The summed E-state index contributed by atoms with van der Waals surface area (Å²) in [6.45, 7) is 4.65. The third-order valence-corrected chi connectivity index (χ3v) is 4.98. The van der Waals surface area contributed by atoms with Gasteiger partial charge in [0.15, 0.2) is 0 Å². The molecule has 0 saturated heterocycles. The molecule has 2 aromatic carbocycles. The number of para-hydroxylation sites is 1. The molecule has 3 aromatic rings. The van der Waals surface area contributed by atoms with Crippen LogP contribution < -0.4 is 0 Å². The van der Waals surface area contributed by atoms with Crippen molar-refractivity contribution in [3.05, 3.63) is 89.2 Å². The number of benzene rings is 2. The van der Waals surface area contributed by atoms with Gasteiger partial charge < -0.3 is 9.47 Å². The second kappa shape index (κ2) is 6.25. The Bertz CT molecular complexity index is 908. The number of carbonyl (C=O) groups excluding carboxylic acids is 1. The summed E-state index contributed by atoms with van der Waals surface area (Å²) in [5.74, 6) is 0.176. The van der Waals surface area contributed by atoms with Crippen molar-refractivity contribution in [2.45, 2.75) is 32.9 Å². The first-order valence-corrected chi connectivity index (χ1v) is 8.80. The van der Waals surface area contributed by atoms with Crippen molar-refractivity contribution in [2.24, 2.45) is 0 Å². The summed E-state index contributed by atoms with van der Waals surface area (Å²) in [5.41, 5.74) is 5.85. The first-order chi connectivity index (χ1) is 12.2. The van der Waals surface area contributed by atoms with E-state index in [1.165, 1.54) is 11.1 Å². The Morgan fingerprint density at radius 3 is 2.56 bits per heavy atom. The number of carbonyl (C=O) groups is 1. The van der Waals surface area contributed by atoms with Crippen molar-refractivity contribution in [3.63, 3.8) is 0 Å². The molecule has 0 radical (unpaired) electrons. The quantitative estimate of drug-likeness (QED) is 0.672. The molecule has 0 fully saturated rings. The Morgan fingerprint density at radius 1 is 1.04 bits per heavy atom. The summed E-state index contributed by atoms with van der Waals surface area (Å²) in [6.07, 6.45) is 2.60. The van der Waals surface area contributed by atoms with Gasteiger partial charge in [-0.3, -0.25) is 4.79 Å². The standard InChI is InChI=1S/C22H22N2O/c1-3-21(25)24-15-18-7-4-5-8-19(18)23-14-6-9-20(23)22(24)17-12-10-16(2)11-13-17/h4-14,22H,3,15H2,1-2H3. The van der Waals surface area contributed by atoms with E-state index >= 15 is 0 Å². The highest BCUT2D eigenvalue weighted by Crippen LogP contribution is 2.36. The van der Waals surface area contributed by atoms with Crippen molar-refractivity contribution < 1.29 is 4.79 Å². The van der Waals surface area contributed by atoms with Crippen LogP contribution in [-0.2, 0) is 11.3 Å². The van der Waals surface area contributed by atoms with Crippen molar-refractivity contribution in [1.82, 2.24) is 9.47 Å². The lowest BCUT2D eigenvalue weighted by Crippen LogP contribution is -2.34. The summed E-state index contributed by atoms with van der Waals surface area (Å²) < 4.78 is 2.22. The highest BCUT2D eigenvalue weighted by atomic mass is 16.2. The first kappa shape index (κ1) is 15.7. The smallest absolute Gasteiger partial charge is 0.223 e. The minimum Gasteiger partial charge on any atom is -0.326 e. The van der Waals surface area contributed by atoms with Crippen LogP contribution in [-0.4, -0.2) is 15.4 Å². The van der Waals surface area contributed by atoms with Crippen molar-refractivity contribution in [2.75, 3.05) is 0 Å². The number of hydrogen-bond acceptors (Lipinski definition) is 1. The van der Waals surface area contributed by atoms with Crippen LogP contribution in [0.5, 0.6) is 0 Å². The summed E-state index contributed by atoms with van der Waals surface area (Å²) in [5, 5.41) is 0. The van der Waals surface area contributed by atoms with Crippen molar-refractivity contribution in [1.29, 1.82) is 0 Å².